The van der Waals surface area contributed by atoms with Crippen molar-refractivity contribution in [2.75, 3.05) is 11.1 Å². The van der Waals surface area contributed by atoms with Crippen LogP contribution in [0.25, 0.3) is 11.1 Å². The molecule has 23 heavy (non-hydrogen) atoms. The normalized spacial score (nSPS) is 12.2. The van der Waals surface area contributed by atoms with Gasteiger partial charge in [-0.05, 0) is 47.0 Å². The van der Waals surface area contributed by atoms with E-state index < -0.39 is 0 Å². The van der Waals surface area contributed by atoms with E-state index in [2.05, 4.69) is 37.4 Å². The van der Waals surface area contributed by atoms with E-state index in [1.165, 1.54) is 5.56 Å². The van der Waals surface area contributed by atoms with Gasteiger partial charge in [0.2, 0.25) is 5.95 Å². The number of hydrogen-bond acceptors (Lipinski definition) is 6. The van der Waals surface area contributed by atoms with E-state index in [9.17, 15) is 0 Å². The first-order chi connectivity index (χ1) is 11.3. The van der Waals surface area contributed by atoms with Crippen molar-refractivity contribution in [3.05, 3.63) is 60.0 Å². The van der Waals surface area contributed by atoms with Crippen molar-refractivity contribution in [2.24, 2.45) is 4.99 Å². The van der Waals surface area contributed by atoms with Crippen molar-refractivity contribution in [1.29, 1.82) is 0 Å². The Kier molecular flexibility index (Phi) is 3.20. The Bertz CT molecular complexity index is 889. The molecule has 0 aliphatic carbocycles. The molecule has 0 unspecified atom stereocenters. The van der Waals surface area contributed by atoms with Crippen LogP contribution in [-0.2, 0) is 6.54 Å². The van der Waals surface area contributed by atoms with Gasteiger partial charge in [0, 0.05) is 36.1 Å². The van der Waals surface area contributed by atoms with Crippen LogP contribution in [-0.4, -0.2) is 21.2 Å². The molecule has 3 aromatic rings. The number of nitrogens with two attached hydrogens (primary N) is 1. The van der Waals surface area contributed by atoms with Gasteiger partial charge in [-0.15, -0.1) is 0 Å². The minimum atomic E-state index is 0.243. The summed E-state index contributed by atoms with van der Waals surface area (Å²) in [5, 5.41) is 3.28. The fourth-order valence-electron chi connectivity index (χ4n) is 2.67. The summed E-state index contributed by atoms with van der Waals surface area (Å²) in [4.78, 5) is 16.6. The number of anilines is 3. The SMILES string of the molecule is Nc1nccc(Nc2cc3c(c(-c4ccncc4)c2)CN=C3)n1. The second kappa shape index (κ2) is 5.49. The zero-order chi connectivity index (χ0) is 15.6. The molecule has 0 atom stereocenters. The fraction of sp³-hybridized carbons (Fsp3) is 0.0588. The summed E-state index contributed by atoms with van der Waals surface area (Å²) >= 11 is 0. The highest BCUT2D eigenvalue weighted by atomic mass is 15.1. The molecule has 0 bridgehead atoms. The van der Waals surface area contributed by atoms with Gasteiger partial charge in [0.05, 0.1) is 6.54 Å². The van der Waals surface area contributed by atoms with Gasteiger partial charge in [-0.1, -0.05) is 0 Å². The van der Waals surface area contributed by atoms with Crippen molar-refractivity contribution >= 4 is 23.7 Å². The highest BCUT2D eigenvalue weighted by molar-refractivity contribution is 5.91. The second-order valence-electron chi connectivity index (χ2n) is 5.22. The third kappa shape index (κ3) is 2.62. The van der Waals surface area contributed by atoms with Crippen LogP contribution in [0.5, 0.6) is 0 Å². The molecule has 2 aromatic heterocycles. The largest absolute Gasteiger partial charge is 0.368 e. The van der Waals surface area contributed by atoms with Crippen molar-refractivity contribution in [2.45, 2.75) is 6.54 Å². The molecule has 3 heterocycles. The lowest BCUT2D eigenvalue weighted by molar-refractivity contribution is 1.11. The number of pyridine rings is 1. The summed E-state index contributed by atoms with van der Waals surface area (Å²) in [6.07, 6.45) is 7.12. The molecule has 3 N–H and O–H groups in total. The lowest BCUT2D eigenvalue weighted by Gasteiger charge is -2.13. The van der Waals surface area contributed by atoms with E-state index in [4.69, 9.17) is 5.73 Å². The van der Waals surface area contributed by atoms with Crippen LogP contribution in [0.1, 0.15) is 11.1 Å². The average molecular weight is 302 g/mol. The standard InChI is InChI=1S/C17H14N6/c18-17-21-6-3-16(23-17)22-13-7-12-9-20-10-15(12)14(8-13)11-1-4-19-5-2-11/h1-9H,10H2,(H3,18,21,22,23). The van der Waals surface area contributed by atoms with Crippen molar-refractivity contribution < 1.29 is 0 Å². The minimum Gasteiger partial charge on any atom is -0.368 e. The molecule has 0 spiro atoms. The second-order valence-corrected chi connectivity index (χ2v) is 5.22. The molecule has 1 aliphatic heterocycles. The molecule has 6 nitrogen and oxygen atoms in total. The van der Waals surface area contributed by atoms with Crippen molar-refractivity contribution in [1.82, 2.24) is 15.0 Å². The van der Waals surface area contributed by atoms with E-state index in [0.717, 1.165) is 22.4 Å². The highest BCUT2D eigenvalue weighted by Crippen LogP contribution is 2.33. The summed E-state index contributed by atoms with van der Waals surface area (Å²) in [6, 6.07) is 9.94. The van der Waals surface area contributed by atoms with Gasteiger partial charge in [-0.25, -0.2) is 4.98 Å². The number of nitrogens with one attached hydrogen (secondary N) is 1. The maximum absolute atomic E-state index is 5.63. The Balaban J connectivity index is 1.78. The topological polar surface area (TPSA) is 89.1 Å². The Morgan fingerprint density at radius 2 is 1.91 bits per heavy atom. The van der Waals surface area contributed by atoms with Gasteiger partial charge in [0.1, 0.15) is 5.82 Å². The molecule has 0 radical (unpaired) electrons. The number of benzene rings is 1. The summed E-state index contributed by atoms with van der Waals surface area (Å²) in [5.74, 6) is 0.903. The molecule has 0 saturated carbocycles. The molecule has 0 saturated heterocycles. The maximum Gasteiger partial charge on any atom is 0.221 e. The Hall–Kier alpha value is -3.28. The number of aliphatic imine (C=N–C) groups is 1. The van der Waals surface area contributed by atoms with Gasteiger partial charge < -0.3 is 11.1 Å². The average Bonchev–Trinajstić information content (AvgIpc) is 3.03. The van der Waals surface area contributed by atoms with Crippen LogP contribution in [0, 0.1) is 0 Å². The maximum atomic E-state index is 5.63. The van der Waals surface area contributed by atoms with Crippen molar-refractivity contribution in [3.8, 4) is 11.1 Å². The minimum absolute atomic E-state index is 0.243. The van der Waals surface area contributed by atoms with Gasteiger partial charge in [0.25, 0.3) is 0 Å². The monoisotopic (exact) mass is 302 g/mol. The first-order valence-electron chi connectivity index (χ1n) is 7.22. The molecule has 0 fully saturated rings. The van der Waals surface area contributed by atoms with Gasteiger partial charge >= 0.3 is 0 Å². The Labute approximate surface area is 133 Å². The zero-order valence-corrected chi connectivity index (χ0v) is 12.3. The summed E-state index contributed by atoms with van der Waals surface area (Å²) in [5.41, 5.74) is 11.2. The number of nitrogens with zero attached hydrogens (tertiary/aromatic N) is 4. The number of aromatic nitrogens is 3. The Morgan fingerprint density at radius 3 is 2.74 bits per heavy atom. The van der Waals surface area contributed by atoms with Crippen LogP contribution < -0.4 is 11.1 Å². The molecular weight excluding hydrogens is 288 g/mol. The third-order valence-corrected chi connectivity index (χ3v) is 3.70. The summed E-state index contributed by atoms with van der Waals surface area (Å²) < 4.78 is 0. The highest BCUT2D eigenvalue weighted by Gasteiger charge is 2.15. The first kappa shape index (κ1) is 13.4. The quantitative estimate of drug-likeness (QED) is 0.776. The lowest BCUT2D eigenvalue weighted by Crippen LogP contribution is -2.00. The van der Waals surface area contributed by atoms with Gasteiger partial charge in [-0.3, -0.25) is 9.98 Å². The molecule has 4 rings (SSSR count). The molecule has 1 aromatic carbocycles. The molecule has 1 aliphatic rings. The van der Waals surface area contributed by atoms with Gasteiger partial charge in [0.15, 0.2) is 0 Å². The van der Waals surface area contributed by atoms with Crippen molar-refractivity contribution in [3.63, 3.8) is 0 Å². The molecule has 0 amide bonds. The van der Waals surface area contributed by atoms with Crippen LogP contribution in [0.15, 0.2) is 53.9 Å². The van der Waals surface area contributed by atoms with Crippen LogP contribution in [0.4, 0.5) is 17.5 Å². The van der Waals surface area contributed by atoms with E-state index in [-0.39, 0.29) is 5.95 Å². The predicted molar refractivity (Wildman–Crippen MR) is 90.7 cm³/mol. The van der Waals surface area contributed by atoms with E-state index >= 15 is 0 Å². The predicted octanol–water partition coefficient (Wildman–Crippen LogP) is 2.80. The fourth-order valence-corrected chi connectivity index (χ4v) is 2.67. The van der Waals surface area contributed by atoms with E-state index in [1.54, 1.807) is 24.7 Å². The van der Waals surface area contributed by atoms with Crippen LogP contribution in [0.3, 0.4) is 0 Å². The Morgan fingerprint density at radius 1 is 1.04 bits per heavy atom. The number of rotatable bonds is 3. The zero-order valence-electron chi connectivity index (χ0n) is 12.3. The summed E-state index contributed by atoms with van der Waals surface area (Å²) in [7, 11) is 0. The third-order valence-electron chi connectivity index (χ3n) is 3.70. The van der Waals surface area contributed by atoms with Crippen LogP contribution >= 0.6 is 0 Å². The summed E-state index contributed by atoms with van der Waals surface area (Å²) in [6.45, 7) is 0.702. The van der Waals surface area contributed by atoms with E-state index in [1.807, 2.05) is 18.3 Å². The molecule has 112 valence electrons. The molecule has 6 heteroatoms. The number of hydrogen-bond donors (Lipinski definition) is 2. The first-order valence-corrected chi connectivity index (χ1v) is 7.22. The smallest absolute Gasteiger partial charge is 0.221 e. The lowest BCUT2D eigenvalue weighted by atomic mass is 9.96. The van der Waals surface area contributed by atoms with Gasteiger partial charge in [-0.2, -0.15) is 4.98 Å². The number of fused-ring (bicyclic) bond motifs is 1. The van der Waals surface area contributed by atoms with E-state index in [0.29, 0.717) is 12.4 Å². The molecular formula is C17H14N6. The van der Waals surface area contributed by atoms with Crippen LogP contribution in [0.2, 0.25) is 0 Å². The number of nitrogen functional groups attached to an aromatic ring is 1.